The number of amides is 1. The third-order valence-corrected chi connectivity index (χ3v) is 6.72. The van der Waals surface area contributed by atoms with Crippen LogP contribution in [0.2, 0.25) is 0 Å². The van der Waals surface area contributed by atoms with E-state index in [1.807, 2.05) is 42.5 Å². The van der Waals surface area contributed by atoms with E-state index in [-0.39, 0.29) is 16.9 Å². The van der Waals surface area contributed by atoms with Crippen molar-refractivity contribution in [1.29, 1.82) is 0 Å². The number of hydrogen-bond acceptors (Lipinski definition) is 5. The zero-order chi connectivity index (χ0) is 22.0. The maximum Gasteiger partial charge on any atom is 0.261 e. The second kappa shape index (κ2) is 8.39. The van der Waals surface area contributed by atoms with Gasteiger partial charge in [0.15, 0.2) is 0 Å². The molecule has 1 unspecified atom stereocenters. The summed E-state index contributed by atoms with van der Waals surface area (Å²) in [5.41, 5.74) is 9.48. The third kappa shape index (κ3) is 4.54. The van der Waals surface area contributed by atoms with Gasteiger partial charge >= 0.3 is 0 Å². The molecule has 7 nitrogen and oxygen atoms in total. The van der Waals surface area contributed by atoms with Gasteiger partial charge in [0.05, 0.1) is 16.7 Å². The van der Waals surface area contributed by atoms with E-state index in [9.17, 15) is 13.2 Å². The van der Waals surface area contributed by atoms with Gasteiger partial charge in [-0.25, -0.2) is 13.4 Å². The summed E-state index contributed by atoms with van der Waals surface area (Å²) in [6.07, 6.45) is 7.33. The molecule has 0 saturated heterocycles. The topological polar surface area (TPSA) is 105 Å². The smallest absolute Gasteiger partial charge is 0.261 e. The Morgan fingerprint density at radius 2 is 1.81 bits per heavy atom. The Balaban J connectivity index is 1.52. The zero-order valence-corrected chi connectivity index (χ0v) is 18.0. The molecule has 0 bridgehead atoms. The fourth-order valence-electron chi connectivity index (χ4n) is 3.69. The molecule has 2 aliphatic rings. The average Bonchev–Trinajstić information content (AvgIpc) is 3.21. The molecule has 3 N–H and O–H groups in total. The van der Waals surface area contributed by atoms with Crippen LogP contribution in [0.1, 0.15) is 43.4 Å². The van der Waals surface area contributed by atoms with Crippen molar-refractivity contribution in [2.45, 2.75) is 32.2 Å². The fraction of sp³-hybridized carbons (Fsp3) is 0.217. The maximum atomic E-state index is 12.5. The number of hydrazone groups is 1. The van der Waals surface area contributed by atoms with Crippen molar-refractivity contribution < 1.29 is 13.2 Å². The SMILES string of the molecule is CC(=O)N1N=C(c2ccc(NS(=O)(=O)C3=CCCC=C3)cc2)CC1c1ccc(N)cc1. The minimum atomic E-state index is -3.61. The first-order valence-corrected chi connectivity index (χ1v) is 11.5. The molecule has 1 aliphatic heterocycles. The number of allylic oxidation sites excluding steroid dienone is 3. The van der Waals surface area contributed by atoms with Crippen molar-refractivity contribution in [2.75, 3.05) is 10.5 Å². The van der Waals surface area contributed by atoms with Crippen LogP contribution in [0.25, 0.3) is 0 Å². The van der Waals surface area contributed by atoms with Crippen LogP contribution in [-0.4, -0.2) is 25.0 Å². The van der Waals surface area contributed by atoms with E-state index in [2.05, 4.69) is 9.82 Å². The van der Waals surface area contributed by atoms with Gasteiger partial charge in [0.1, 0.15) is 0 Å². The van der Waals surface area contributed by atoms with Crippen molar-refractivity contribution >= 4 is 33.0 Å². The van der Waals surface area contributed by atoms with Crippen molar-refractivity contribution in [3.63, 3.8) is 0 Å². The highest BCUT2D eigenvalue weighted by atomic mass is 32.2. The van der Waals surface area contributed by atoms with E-state index < -0.39 is 10.0 Å². The number of hydrogen-bond donors (Lipinski definition) is 2. The molecule has 160 valence electrons. The molecule has 2 aromatic rings. The molecule has 1 aliphatic carbocycles. The normalized spacial score (nSPS) is 18.5. The Labute approximate surface area is 182 Å². The maximum absolute atomic E-state index is 12.5. The molecule has 8 heteroatoms. The average molecular weight is 437 g/mol. The van der Waals surface area contributed by atoms with E-state index in [4.69, 9.17) is 5.73 Å². The summed E-state index contributed by atoms with van der Waals surface area (Å²) in [6.45, 7) is 1.49. The molecule has 0 aromatic heterocycles. The van der Waals surface area contributed by atoms with E-state index in [1.165, 1.54) is 11.9 Å². The van der Waals surface area contributed by atoms with Crippen LogP contribution >= 0.6 is 0 Å². The Hall–Kier alpha value is -3.39. The summed E-state index contributed by atoms with van der Waals surface area (Å²) in [6, 6.07) is 14.3. The third-order valence-electron chi connectivity index (χ3n) is 5.30. The van der Waals surface area contributed by atoms with Gasteiger partial charge < -0.3 is 5.73 Å². The Bertz CT molecular complexity index is 1180. The van der Waals surface area contributed by atoms with Crippen LogP contribution in [-0.2, 0) is 14.8 Å². The largest absolute Gasteiger partial charge is 0.399 e. The number of benzene rings is 2. The first-order chi connectivity index (χ1) is 14.8. The molecule has 31 heavy (non-hydrogen) atoms. The molecule has 0 saturated carbocycles. The number of carbonyl (C=O) groups is 1. The van der Waals surface area contributed by atoms with Gasteiger partial charge in [-0.15, -0.1) is 0 Å². The zero-order valence-electron chi connectivity index (χ0n) is 17.2. The van der Waals surface area contributed by atoms with Gasteiger partial charge in [-0.1, -0.05) is 36.4 Å². The predicted octanol–water partition coefficient (Wildman–Crippen LogP) is 3.94. The Morgan fingerprint density at radius 1 is 1.10 bits per heavy atom. The van der Waals surface area contributed by atoms with Crippen molar-refractivity contribution in [1.82, 2.24) is 5.01 Å². The first-order valence-electron chi connectivity index (χ1n) is 10.1. The Kier molecular flexibility index (Phi) is 5.65. The number of anilines is 2. The summed E-state index contributed by atoms with van der Waals surface area (Å²) in [5.74, 6) is -0.144. The van der Waals surface area contributed by atoms with Gasteiger partial charge in [0, 0.05) is 24.7 Å². The van der Waals surface area contributed by atoms with Crippen molar-refractivity contribution in [3.8, 4) is 0 Å². The minimum absolute atomic E-state index is 0.144. The lowest BCUT2D eigenvalue weighted by Crippen LogP contribution is -2.24. The second-order valence-corrected chi connectivity index (χ2v) is 9.25. The van der Waals surface area contributed by atoms with Crippen molar-refractivity contribution in [3.05, 3.63) is 82.8 Å². The lowest BCUT2D eigenvalue weighted by atomic mass is 9.98. The molecule has 4 rings (SSSR count). The van der Waals surface area contributed by atoms with Crippen LogP contribution in [0.5, 0.6) is 0 Å². The molecule has 2 aromatic carbocycles. The first kappa shape index (κ1) is 20.9. The molecule has 0 spiro atoms. The summed E-state index contributed by atoms with van der Waals surface area (Å²) in [7, 11) is -3.61. The van der Waals surface area contributed by atoms with Crippen LogP contribution in [0.4, 0.5) is 11.4 Å². The monoisotopic (exact) mass is 436 g/mol. The lowest BCUT2D eigenvalue weighted by molar-refractivity contribution is -0.130. The Morgan fingerprint density at radius 3 is 2.42 bits per heavy atom. The molecular formula is C23H24N4O3S. The lowest BCUT2D eigenvalue weighted by Gasteiger charge is -2.20. The van der Waals surface area contributed by atoms with Crippen LogP contribution < -0.4 is 10.5 Å². The number of nitrogens with zero attached hydrogens (tertiary/aromatic N) is 2. The van der Waals surface area contributed by atoms with Crippen molar-refractivity contribution in [2.24, 2.45) is 5.10 Å². The number of rotatable bonds is 5. The molecular weight excluding hydrogens is 412 g/mol. The second-order valence-electron chi connectivity index (χ2n) is 7.57. The van der Waals surface area contributed by atoms with Crippen LogP contribution in [0, 0.1) is 0 Å². The fourth-order valence-corrected chi connectivity index (χ4v) is 4.86. The highest BCUT2D eigenvalue weighted by molar-refractivity contribution is 7.96. The minimum Gasteiger partial charge on any atom is -0.399 e. The predicted molar refractivity (Wildman–Crippen MR) is 123 cm³/mol. The van der Waals surface area contributed by atoms with Gasteiger partial charge in [0.25, 0.3) is 10.0 Å². The molecule has 0 radical (unpaired) electrons. The van der Waals surface area contributed by atoms with Crippen LogP contribution in [0.15, 0.2) is 76.8 Å². The van der Waals surface area contributed by atoms with E-state index in [1.54, 1.807) is 24.3 Å². The standard InChI is InChI=1S/C23H24N4O3S/c1-16(28)27-23(18-7-11-19(24)12-8-18)15-22(25-27)17-9-13-20(14-10-17)26-31(29,30)21-5-3-2-4-6-21/h3,5-14,23,26H,2,4,15,24H2,1H3. The molecule has 1 atom stereocenters. The highest BCUT2D eigenvalue weighted by Gasteiger charge is 2.31. The summed E-state index contributed by atoms with van der Waals surface area (Å²) < 4.78 is 27.7. The van der Waals surface area contributed by atoms with Gasteiger partial charge in [-0.3, -0.25) is 9.52 Å². The number of carbonyl (C=O) groups excluding carboxylic acids is 1. The number of sulfonamides is 1. The summed E-state index contributed by atoms with van der Waals surface area (Å²) in [5, 5.41) is 6.01. The number of nitrogen functional groups attached to an aromatic ring is 1. The van der Waals surface area contributed by atoms with E-state index in [0.29, 0.717) is 24.2 Å². The quantitative estimate of drug-likeness (QED) is 0.693. The number of nitrogens with one attached hydrogen (secondary N) is 1. The van der Waals surface area contributed by atoms with E-state index in [0.717, 1.165) is 23.3 Å². The number of nitrogens with two attached hydrogens (primary N) is 1. The molecule has 1 heterocycles. The van der Waals surface area contributed by atoms with Gasteiger partial charge in [0.2, 0.25) is 5.91 Å². The summed E-state index contributed by atoms with van der Waals surface area (Å²) >= 11 is 0. The van der Waals surface area contributed by atoms with Crippen LogP contribution in [0.3, 0.4) is 0 Å². The van der Waals surface area contributed by atoms with E-state index >= 15 is 0 Å². The molecule has 0 fully saturated rings. The summed E-state index contributed by atoms with van der Waals surface area (Å²) in [4.78, 5) is 12.4. The van der Waals surface area contributed by atoms with Gasteiger partial charge in [-0.05, 0) is 54.3 Å². The highest BCUT2D eigenvalue weighted by Crippen LogP contribution is 2.33. The van der Waals surface area contributed by atoms with Gasteiger partial charge in [-0.2, -0.15) is 5.10 Å². The molecule has 1 amide bonds.